The van der Waals surface area contributed by atoms with E-state index in [4.69, 9.17) is 5.26 Å². The third kappa shape index (κ3) is 3.12. The van der Waals surface area contributed by atoms with Gasteiger partial charge < -0.3 is 0 Å². The first kappa shape index (κ1) is 13.8. The van der Waals surface area contributed by atoms with Gasteiger partial charge in [-0.25, -0.2) is 13.8 Å². The van der Waals surface area contributed by atoms with Crippen LogP contribution in [0.25, 0.3) is 0 Å². The highest BCUT2D eigenvalue weighted by Gasteiger charge is 2.35. The van der Waals surface area contributed by atoms with E-state index in [1.54, 1.807) is 6.07 Å². The normalized spacial score (nSPS) is 11.6. The lowest BCUT2D eigenvalue weighted by Crippen LogP contribution is -2.11. The van der Waals surface area contributed by atoms with Crippen LogP contribution in [0.4, 0.5) is 22.0 Å². The molecule has 92 valence electrons. The minimum absolute atomic E-state index is 0.273. The fourth-order valence-electron chi connectivity index (χ4n) is 1.11. The summed E-state index contributed by atoms with van der Waals surface area (Å²) in [6, 6.07) is 1.84. The highest BCUT2D eigenvalue weighted by molar-refractivity contribution is 9.10. The molecule has 0 bridgehead atoms. The minimum Gasteiger partial charge on any atom is -0.250 e. The van der Waals surface area contributed by atoms with Gasteiger partial charge in [0.2, 0.25) is 0 Å². The van der Waals surface area contributed by atoms with Crippen molar-refractivity contribution in [3.05, 3.63) is 27.5 Å². The molecular formula is C9H4BrF5N2. The van der Waals surface area contributed by atoms with E-state index in [1.165, 1.54) is 0 Å². The molecule has 0 atom stereocenters. The van der Waals surface area contributed by atoms with E-state index in [0.29, 0.717) is 0 Å². The van der Waals surface area contributed by atoms with Gasteiger partial charge >= 0.3 is 6.18 Å². The summed E-state index contributed by atoms with van der Waals surface area (Å²) < 4.78 is 61.8. The van der Waals surface area contributed by atoms with Crippen molar-refractivity contribution < 1.29 is 22.0 Å². The fourth-order valence-corrected chi connectivity index (χ4v) is 1.68. The Morgan fingerprint density at radius 1 is 1.41 bits per heavy atom. The Labute approximate surface area is 101 Å². The van der Waals surface area contributed by atoms with E-state index < -0.39 is 34.8 Å². The second kappa shape index (κ2) is 4.96. The number of nitriles is 1. The van der Waals surface area contributed by atoms with Crippen LogP contribution >= 0.6 is 15.9 Å². The number of halogens is 6. The second-order valence-electron chi connectivity index (χ2n) is 2.99. The lowest BCUT2D eigenvalue weighted by Gasteiger charge is -2.13. The zero-order valence-corrected chi connectivity index (χ0v) is 9.61. The largest absolute Gasteiger partial charge is 0.417 e. The predicted octanol–water partition coefficient (Wildman–Crippen LogP) is 3.87. The third-order valence-electron chi connectivity index (χ3n) is 1.82. The molecule has 2 nitrogen and oxygen atoms in total. The molecule has 0 unspecified atom stereocenters. The van der Waals surface area contributed by atoms with Crippen molar-refractivity contribution in [1.82, 2.24) is 4.98 Å². The van der Waals surface area contributed by atoms with Crippen LogP contribution in [0.3, 0.4) is 0 Å². The summed E-state index contributed by atoms with van der Waals surface area (Å²) in [7, 11) is 0. The smallest absolute Gasteiger partial charge is 0.250 e. The summed E-state index contributed by atoms with van der Waals surface area (Å²) in [6.45, 7) is 0. The van der Waals surface area contributed by atoms with E-state index in [0.717, 1.165) is 0 Å². The van der Waals surface area contributed by atoms with Gasteiger partial charge in [-0.1, -0.05) is 0 Å². The van der Waals surface area contributed by atoms with Crippen LogP contribution < -0.4 is 0 Å². The molecule has 1 heterocycles. The number of pyridine rings is 1. The summed E-state index contributed by atoms with van der Waals surface area (Å²) in [5, 5.41) is 8.39. The Kier molecular flexibility index (Phi) is 4.03. The van der Waals surface area contributed by atoms with E-state index in [9.17, 15) is 22.0 Å². The summed E-state index contributed by atoms with van der Waals surface area (Å²) in [6.07, 6.45) is -8.39. The van der Waals surface area contributed by atoms with Crippen LogP contribution in [-0.2, 0) is 12.6 Å². The number of rotatable bonds is 2. The van der Waals surface area contributed by atoms with E-state index in [-0.39, 0.29) is 11.8 Å². The molecule has 0 aliphatic carbocycles. The number of hydrogen-bond donors (Lipinski definition) is 0. The molecule has 0 aliphatic rings. The van der Waals surface area contributed by atoms with Crippen LogP contribution in [-0.4, -0.2) is 4.98 Å². The molecule has 0 radical (unpaired) electrons. The Balaban J connectivity index is 3.44. The summed E-state index contributed by atoms with van der Waals surface area (Å²) in [5.74, 6) is 0. The van der Waals surface area contributed by atoms with Crippen LogP contribution in [0.2, 0.25) is 0 Å². The molecule has 0 amide bonds. The zero-order chi connectivity index (χ0) is 13.2. The number of alkyl halides is 5. The van der Waals surface area contributed by atoms with Gasteiger partial charge in [-0.15, -0.1) is 0 Å². The molecule has 8 heteroatoms. The molecule has 0 spiro atoms. The molecule has 0 saturated heterocycles. The molecule has 0 saturated carbocycles. The van der Waals surface area contributed by atoms with E-state index in [1.807, 2.05) is 0 Å². The molecule has 17 heavy (non-hydrogen) atoms. The van der Waals surface area contributed by atoms with Crippen molar-refractivity contribution in [3.63, 3.8) is 0 Å². The summed E-state index contributed by atoms with van der Waals surface area (Å²) in [4.78, 5) is 3.32. The summed E-state index contributed by atoms with van der Waals surface area (Å²) >= 11 is 2.62. The zero-order valence-electron chi connectivity index (χ0n) is 8.02. The molecule has 0 aliphatic heterocycles. The van der Waals surface area contributed by atoms with Gasteiger partial charge in [-0.2, -0.15) is 18.4 Å². The molecular weight excluding hydrogens is 311 g/mol. The maximum atomic E-state index is 12.5. The van der Waals surface area contributed by atoms with Gasteiger partial charge in [0.25, 0.3) is 6.43 Å². The maximum Gasteiger partial charge on any atom is 0.417 e. The molecule has 1 rings (SSSR count). The van der Waals surface area contributed by atoms with E-state index in [2.05, 4.69) is 20.9 Å². The molecule has 0 fully saturated rings. The highest BCUT2D eigenvalue weighted by Crippen LogP contribution is 2.37. The van der Waals surface area contributed by atoms with Crippen LogP contribution in [0.5, 0.6) is 0 Å². The molecule has 0 N–H and O–H groups in total. The van der Waals surface area contributed by atoms with Gasteiger partial charge in [0.1, 0.15) is 5.69 Å². The lowest BCUT2D eigenvalue weighted by molar-refractivity contribution is -0.138. The Hall–Kier alpha value is -1.23. The third-order valence-corrected chi connectivity index (χ3v) is 2.71. The van der Waals surface area contributed by atoms with Gasteiger partial charge in [0, 0.05) is 0 Å². The molecule has 1 aromatic heterocycles. The van der Waals surface area contributed by atoms with Crippen molar-refractivity contribution >= 4 is 15.9 Å². The van der Waals surface area contributed by atoms with Gasteiger partial charge in [-0.3, -0.25) is 0 Å². The average Bonchev–Trinajstić information content (AvgIpc) is 2.19. The topological polar surface area (TPSA) is 36.7 Å². The van der Waals surface area contributed by atoms with Crippen molar-refractivity contribution in [2.75, 3.05) is 0 Å². The predicted molar refractivity (Wildman–Crippen MR) is 51.2 cm³/mol. The Bertz CT molecular complexity index is 464. The van der Waals surface area contributed by atoms with Crippen LogP contribution in [0, 0.1) is 11.3 Å². The lowest BCUT2D eigenvalue weighted by atomic mass is 10.1. The Morgan fingerprint density at radius 2 is 2.00 bits per heavy atom. The van der Waals surface area contributed by atoms with Crippen molar-refractivity contribution in [3.8, 4) is 6.07 Å². The maximum absolute atomic E-state index is 12.5. The van der Waals surface area contributed by atoms with Crippen molar-refractivity contribution in [2.45, 2.75) is 19.0 Å². The van der Waals surface area contributed by atoms with Crippen molar-refractivity contribution in [2.24, 2.45) is 0 Å². The van der Waals surface area contributed by atoms with Crippen molar-refractivity contribution in [1.29, 1.82) is 5.26 Å². The van der Waals surface area contributed by atoms with Crippen LogP contribution in [0.15, 0.2) is 10.5 Å². The number of hydrogen-bond acceptors (Lipinski definition) is 2. The SMILES string of the molecule is N#CCc1nc(C(F)F)cc(C(F)(F)F)c1Br. The number of aromatic nitrogens is 1. The summed E-state index contributed by atoms with van der Waals surface area (Å²) in [5.41, 5.74) is -2.60. The standard InChI is InChI=1S/C9H4BrF5N2/c10-7-4(9(13,14)15)3-6(8(11)12)17-5(7)1-2-16/h3,8H,1H2. The van der Waals surface area contributed by atoms with Gasteiger partial charge in [0.15, 0.2) is 0 Å². The Morgan fingerprint density at radius 3 is 2.41 bits per heavy atom. The molecule has 0 aromatic carbocycles. The first-order valence-corrected chi connectivity index (χ1v) is 4.98. The van der Waals surface area contributed by atoms with E-state index >= 15 is 0 Å². The highest BCUT2D eigenvalue weighted by atomic mass is 79.9. The minimum atomic E-state index is -4.78. The average molecular weight is 315 g/mol. The second-order valence-corrected chi connectivity index (χ2v) is 3.78. The van der Waals surface area contributed by atoms with Gasteiger partial charge in [-0.05, 0) is 22.0 Å². The fraction of sp³-hybridized carbons (Fsp3) is 0.333. The van der Waals surface area contributed by atoms with Crippen LogP contribution in [0.1, 0.15) is 23.4 Å². The first-order chi connectivity index (χ1) is 7.77. The quantitative estimate of drug-likeness (QED) is 0.777. The van der Waals surface area contributed by atoms with Gasteiger partial charge in [0.05, 0.1) is 28.2 Å². The molecule has 1 aromatic rings. The monoisotopic (exact) mass is 314 g/mol. The number of nitrogens with zero attached hydrogens (tertiary/aromatic N) is 2. The first-order valence-electron chi connectivity index (χ1n) is 4.19.